The molecule has 0 aliphatic heterocycles. The Balaban J connectivity index is 2.12. The zero-order chi connectivity index (χ0) is 15.1. The number of carbonyl (C=O) groups excluding carboxylic acids is 1. The molecule has 2 rings (SSSR count). The van der Waals surface area contributed by atoms with Gasteiger partial charge in [-0.05, 0) is 24.6 Å². The lowest BCUT2D eigenvalue weighted by atomic mass is 10.2. The Hall–Kier alpha value is -1.57. The van der Waals surface area contributed by atoms with Crippen molar-refractivity contribution in [2.45, 2.75) is 12.6 Å². The van der Waals surface area contributed by atoms with Crippen LogP contribution < -0.4 is 5.32 Å². The summed E-state index contributed by atoms with van der Waals surface area (Å²) in [6.07, 6.45) is -4.31. The van der Waals surface area contributed by atoms with Gasteiger partial charge in [-0.25, -0.2) is 0 Å². The molecule has 0 aromatic heterocycles. The van der Waals surface area contributed by atoms with Crippen LogP contribution in [0.5, 0.6) is 0 Å². The van der Waals surface area contributed by atoms with E-state index in [0.29, 0.717) is 0 Å². The number of anilines is 1. The van der Waals surface area contributed by atoms with Crippen molar-refractivity contribution in [2.75, 3.05) is 5.32 Å². The second-order valence-electron chi connectivity index (χ2n) is 4.50. The smallest absolute Gasteiger partial charge is 0.416 e. The molecule has 4 nitrogen and oxygen atoms in total. The maximum absolute atomic E-state index is 12.6. The number of nitrogens with one attached hydrogen (secondary N) is 1. The predicted octanol–water partition coefficient (Wildman–Crippen LogP) is 3.13. The summed E-state index contributed by atoms with van der Waals surface area (Å²) in [5.41, 5.74) is -0.916. The Morgan fingerprint density at radius 3 is 2.40 bits per heavy atom. The second-order valence-corrected chi connectivity index (χ2v) is 5.42. The first-order valence-corrected chi connectivity index (χ1v) is 6.39. The van der Waals surface area contributed by atoms with Crippen LogP contribution in [-0.2, 0) is 15.8 Å². The molecule has 8 heteroatoms. The molecule has 2 atom stereocenters. The van der Waals surface area contributed by atoms with Crippen molar-refractivity contribution < 1.29 is 27.9 Å². The third-order valence-corrected chi connectivity index (χ3v) is 3.39. The normalized spacial score (nSPS) is 21.4. The molecule has 1 amide bonds. The first-order valence-electron chi connectivity index (χ1n) is 5.60. The minimum atomic E-state index is -4.52. The number of hydrogen-bond donors (Lipinski definition) is 2. The monoisotopic (exact) mass is 351 g/mol. The van der Waals surface area contributed by atoms with Gasteiger partial charge in [0.15, 0.2) is 0 Å². The zero-order valence-corrected chi connectivity index (χ0v) is 11.5. The summed E-state index contributed by atoms with van der Waals surface area (Å²) in [6.45, 7) is 0. The summed E-state index contributed by atoms with van der Waals surface area (Å²) >= 11 is 2.94. The third kappa shape index (κ3) is 3.30. The van der Waals surface area contributed by atoms with Crippen LogP contribution in [0.4, 0.5) is 18.9 Å². The summed E-state index contributed by atoms with van der Waals surface area (Å²) in [6, 6.07) is 3.03. The number of carboxylic acid groups (broad SMARTS) is 1. The van der Waals surface area contributed by atoms with Crippen molar-refractivity contribution >= 4 is 33.5 Å². The molecule has 1 aliphatic rings. The molecule has 0 bridgehead atoms. The molecule has 0 unspecified atom stereocenters. The number of alkyl halides is 3. The van der Waals surface area contributed by atoms with Crippen LogP contribution >= 0.6 is 15.9 Å². The molecule has 108 valence electrons. The number of benzene rings is 1. The van der Waals surface area contributed by atoms with Crippen LogP contribution in [0.15, 0.2) is 22.7 Å². The van der Waals surface area contributed by atoms with Crippen molar-refractivity contribution in [2.24, 2.45) is 11.8 Å². The van der Waals surface area contributed by atoms with Crippen molar-refractivity contribution in [1.82, 2.24) is 0 Å². The van der Waals surface area contributed by atoms with E-state index in [1.165, 1.54) is 6.07 Å². The molecule has 0 saturated heterocycles. The van der Waals surface area contributed by atoms with E-state index < -0.39 is 35.5 Å². The molecular formula is C12H9BrF3NO3. The lowest BCUT2D eigenvalue weighted by molar-refractivity contribution is -0.139. The molecule has 1 fully saturated rings. The summed E-state index contributed by atoms with van der Waals surface area (Å²) < 4.78 is 38.0. The Morgan fingerprint density at radius 2 is 1.90 bits per heavy atom. The lowest BCUT2D eigenvalue weighted by Crippen LogP contribution is -2.17. The third-order valence-electron chi connectivity index (χ3n) is 2.94. The van der Waals surface area contributed by atoms with Gasteiger partial charge in [0.2, 0.25) is 5.91 Å². The van der Waals surface area contributed by atoms with Crippen LogP contribution in [0.3, 0.4) is 0 Å². The largest absolute Gasteiger partial charge is 0.481 e. The quantitative estimate of drug-likeness (QED) is 0.879. The van der Waals surface area contributed by atoms with Crippen LogP contribution in [0.25, 0.3) is 0 Å². The fraction of sp³-hybridized carbons (Fsp3) is 0.333. The summed E-state index contributed by atoms with van der Waals surface area (Å²) in [7, 11) is 0. The van der Waals surface area contributed by atoms with Crippen molar-refractivity contribution in [3.8, 4) is 0 Å². The van der Waals surface area contributed by atoms with Gasteiger partial charge in [-0.1, -0.05) is 15.9 Å². The Kier molecular flexibility index (Phi) is 3.77. The number of rotatable bonds is 3. The molecule has 1 aromatic rings. The molecular weight excluding hydrogens is 343 g/mol. The number of carboxylic acids is 1. The number of amides is 1. The SMILES string of the molecule is O=C(O)[C@H]1C[C@H]1C(=O)Nc1cc(Br)cc(C(F)(F)F)c1. The fourth-order valence-corrected chi connectivity index (χ4v) is 2.31. The number of aliphatic carboxylic acids is 1. The van der Waals surface area contributed by atoms with Crippen molar-refractivity contribution in [3.05, 3.63) is 28.2 Å². The highest BCUT2D eigenvalue weighted by atomic mass is 79.9. The minimum Gasteiger partial charge on any atom is -0.481 e. The Bertz CT molecular complexity index is 574. The maximum Gasteiger partial charge on any atom is 0.416 e. The zero-order valence-electron chi connectivity index (χ0n) is 9.87. The van der Waals surface area contributed by atoms with Crippen LogP contribution in [0, 0.1) is 11.8 Å². The molecule has 1 aromatic carbocycles. The highest BCUT2D eigenvalue weighted by Crippen LogP contribution is 2.40. The summed E-state index contributed by atoms with van der Waals surface area (Å²) in [5.74, 6) is -3.08. The fourth-order valence-electron chi connectivity index (χ4n) is 1.82. The van der Waals surface area contributed by atoms with E-state index in [2.05, 4.69) is 21.2 Å². The molecule has 0 heterocycles. The first kappa shape index (κ1) is 14.8. The van der Waals surface area contributed by atoms with Gasteiger partial charge in [0.25, 0.3) is 0 Å². The van der Waals surface area contributed by atoms with Gasteiger partial charge in [0, 0.05) is 10.2 Å². The maximum atomic E-state index is 12.6. The Morgan fingerprint density at radius 1 is 1.25 bits per heavy atom. The summed E-state index contributed by atoms with van der Waals surface area (Å²) in [5, 5.41) is 11.0. The molecule has 0 radical (unpaired) electrons. The van der Waals surface area contributed by atoms with Gasteiger partial charge in [-0.2, -0.15) is 13.2 Å². The van der Waals surface area contributed by atoms with Gasteiger partial charge in [-0.15, -0.1) is 0 Å². The van der Waals surface area contributed by atoms with Crippen molar-refractivity contribution in [3.63, 3.8) is 0 Å². The van der Waals surface area contributed by atoms with Gasteiger partial charge in [-0.3, -0.25) is 9.59 Å². The summed E-state index contributed by atoms with van der Waals surface area (Å²) in [4.78, 5) is 22.3. The van der Waals surface area contributed by atoms with Crippen molar-refractivity contribution in [1.29, 1.82) is 0 Å². The van der Waals surface area contributed by atoms with E-state index in [-0.39, 0.29) is 16.6 Å². The Labute approximate surface area is 120 Å². The van der Waals surface area contributed by atoms with Gasteiger partial charge in [0.05, 0.1) is 17.4 Å². The van der Waals surface area contributed by atoms with Gasteiger partial charge < -0.3 is 10.4 Å². The number of carbonyl (C=O) groups is 2. The first-order chi connectivity index (χ1) is 9.18. The van der Waals surface area contributed by atoms with Crippen LogP contribution in [-0.4, -0.2) is 17.0 Å². The number of halogens is 4. The van der Waals surface area contributed by atoms with Gasteiger partial charge >= 0.3 is 12.1 Å². The highest BCUT2D eigenvalue weighted by Gasteiger charge is 2.48. The second kappa shape index (κ2) is 5.08. The number of hydrogen-bond acceptors (Lipinski definition) is 2. The minimum absolute atomic E-state index is 0.0206. The molecule has 20 heavy (non-hydrogen) atoms. The molecule has 1 aliphatic carbocycles. The van der Waals surface area contributed by atoms with E-state index in [1.807, 2.05) is 0 Å². The standard InChI is InChI=1S/C12H9BrF3NO3/c13-6-1-5(12(14,15)16)2-7(3-6)17-10(18)8-4-9(8)11(19)20/h1-3,8-9H,4H2,(H,17,18)(H,19,20)/t8-,9+/m1/s1. The van der Waals surface area contributed by atoms with E-state index >= 15 is 0 Å². The van der Waals surface area contributed by atoms with Crippen LogP contribution in [0.1, 0.15) is 12.0 Å². The molecule has 0 spiro atoms. The topological polar surface area (TPSA) is 66.4 Å². The van der Waals surface area contributed by atoms with E-state index in [1.54, 1.807) is 0 Å². The lowest BCUT2D eigenvalue weighted by Gasteiger charge is -2.11. The highest BCUT2D eigenvalue weighted by molar-refractivity contribution is 9.10. The molecule has 2 N–H and O–H groups in total. The molecule has 1 saturated carbocycles. The van der Waals surface area contributed by atoms with E-state index in [4.69, 9.17) is 5.11 Å². The average molecular weight is 352 g/mol. The average Bonchev–Trinajstić information content (AvgIpc) is 3.06. The predicted molar refractivity (Wildman–Crippen MR) is 67.0 cm³/mol. The van der Waals surface area contributed by atoms with Gasteiger partial charge in [0.1, 0.15) is 0 Å². The van der Waals surface area contributed by atoms with E-state index in [0.717, 1.165) is 12.1 Å². The van der Waals surface area contributed by atoms with E-state index in [9.17, 15) is 22.8 Å². The van der Waals surface area contributed by atoms with Crippen LogP contribution in [0.2, 0.25) is 0 Å².